The van der Waals surface area contributed by atoms with Gasteiger partial charge in [0.15, 0.2) is 0 Å². The summed E-state index contributed by atoms with van der Waals surface area (Å²) in [5.41, 5.74) is 0.729. The molecule has 8 nitrogen and oxygen atoms in total. The lowest BCUT2D eigenvalue weighted by Crippen LogP contribution is -2.41. The van der Waals surface area contributed by atoms with E-state index in [1.165, 1.54) is 7.05 Å². The SMILES string of the molecule is COc1ccc([C@@H](NS(=O)(=O)N(C)CCC#N)c2nccn2C)cc1. The zero-order valence-electron chi connectivity index (χ0n) is 14.4. The van der Waals surface area contributed by atoms with Gasteiger partial charge in [-0.3, -0.25) is 0 Å². The number of nitrogens with zero attached hydrogens (tertiary/aromatic N) is 4. The summed E-state index contributed by atoms with van der Waals surface area (Å²) in [5.74, 6) is 1.23. The monoisotopic (exact) mass is 363 g/mol. The Morgan fingerprint density at radius 1 is 1.40 bits per heavy atom. The van der Waals surface area contributed by atoms with Crippen LogP contribution in [0.3, 0.4) is 0 Å². The van der Waals surface area contributed by atoms with Crippen molar-refractivity contribution in [2.45, 2.75) is 12.5 Å². The van der Waals surface area contributed by atoms with Crippen LogP contribution in [-0.2, 0) is 17.3 Å². The molecule has 25 heavy (non-hydrogen) atoms. The number of ether oxygens (including phenoxy) is 1. The summed E-state index contributed by atoms with van der Waals surface area (Å²) >= 11 is 0. The maximum absolute atomic E-state index is 12.6. The van der Waals surface area contributed by atoms with Crippen molar-refractivity contribution in [2.75, 3.05) is 20.7 Å². The average Bonchev–Trinajstić information content (AvgIpc) is 3.03. The molecular formula is C16H21N5O3S. The molecule has 2 aromatic rings. The maximum atomic E-state index is 12.6. The van der Waals surface area contributed by atoms with Crippen LogP contribution >= 0.6 is 0 Å². The molecule has 0 bridgehead atoms. The van der Waals surface area contributed by atoms with E-state index in [0.29, 0.717) is 11.6 Å². The van der Waals surface area contributed by atoms with E-state index in [-0.39, 0.29) is 13.0 Å². The van der Waals surface area contributed by atoms with Gasteiger partial charge in [-0.15, -0.1) is 0 Å². The molecule has 1 N–H and O–H groups in total. The van der Waals surface area contributed by atoms with Crippen molar-refractivity contribution in [3.63, 3.8) is 0 Å². The van der Waals surface area contributed by atoms with E-state index >= 15 is 0 Å². The summed E-state index contributed by atoms with van der Waals surface area (Å²) in [6.07, 6.45) is 3.48. The lowest BCUT2D eigenvalue weighted by atomic mass is 10.1. The molecule has 0 aliphatic carbocycles. The van der Waals surface area contributed by atoms with Gasteiger partial charge in [-0.25, -0.2) is 4.98 Å². The molecule has 0 spiro atoms. The number of imidazole rings is 1. The molecule has 0 fully saturated rings. The number of aryl methyl sites for hydroxylation is 1. The van der Waals surface area contributed by atoms with Gasteiger partial charge in [0, 0.05) is 39.5 Å². The van der Waals surface area contributed by atoms with E-state index in [2.05, 4.69) is 9.71 Å². The molecule has 0 saturated heterocycles. The number of rotatable bonds is 8. The Bertz CT molecular complexity index is 839. The second-order valence-electron chi connectivity index (χ2n) is 5.46. The van der Waals surface area contributed by atoms with Crippen LogP contribution < -0.4 is 9.46 Å². The summed E-state index contributed by atoms with van der Waals surface area (Å²) in [5, 5.41) is 8.66. The van der Waals surface area contributed by atoms with Crippen molar-refractivity contribution in [3.05, 3.63) is 48.0 Å². The number of hydrogen-bond donors (Lipinski definition) is 1. The third-order valence-electron chi connectivity index (χ3n) is 3.78. The highest BCUT2D eigenvalue weighted by Gasteiger charge is 2.27. The number of methoxy groups -OCH3 is 1. The molecule has 1 heterocycles. The van der Waals surface area contributed by atoms with Crippen LogP contribution in [0, 0.1) is 11.3 Å². The predicted molar refractivity (Wildman–Crippen MR) is 93.0 cm³/mol. The molecular weight excluding hydrogens is 342 g/mol. The summed E-state index contributed by atoms with van der Waals surface area (Å²) in [6.45, 7) is 0.113. The van der Waals surface area contributed by atoms with E-state index in [1.807, 2.05) is 6.07 Å². The van der Waals surface area contributed by atoms with Gasteiger partial charge in [-0.05, 0) is 17.7 Å². The lowest BCUT2D eigenvalue weighted by Gasteiger charge is -2.23. The van der Waals surface area contributed by atoms with E-state index in [1.54, 1.807) is 55.4 Å². The van der Waals surface area contributed by atoms with E-state index < -0.39 is 16.3 Å². The number of benzene rings is 1. The van der Waals surface area contributed by atoms with Crippen molar-refractivity contribution in [1.29, 1.82) is 5.26 Å². The van der Waals surface area contributed by atoms with Crippen LogP contribution in [0.4, 0.5) is 0 Å². The zero-order chi connectivity index (χ0) is 18.4. The molecule has 0 unspecified atom stereocenters. The third-order valence-corrected chi connectivity index (χ3v) is 5.32. The Balaban J connectivity index is 2.35. The van der Waals surface area contributed by atoms with E-state index in [9.17, 15) is 8.42 Å². The quantitative estimate of drug-likeness (QED) is 0.759. The van der Waals surface area contributed by atoms with Gasteiger partial charge in [-0.1, -0.05) is 12.1 Å². The van der Waals surface area contributed by atoms with Gasteiger partial charge in [0.1, 0.15) is 17.6 Å². The fourth-order valence-corrected chi connectivity index (χ4v) is 3.34. The first-order chi connectivity index (χ1) is 11.9. The summed E-state index contributed by atoms with van der Waals surface area (Å²) in [6, 6.07) is 8.38. The molecule has 0 amide bonds. The topological polar surface area (TPSA) is 100 Å². The van der Waals surface area contributed by atoms with Crippen molar-refractivity contribution < 1.29 is 13.2 Å². The minimum absolute atomic E-state index is 0.113. The smallest absolute Gasteiger partial charge is 0.280 e. The summed E-state index contributed by atoms with van der Waals surface area (Å²) in [4.78, 5) is 4.27. The van der Waals surface area contributed by atoms with Gasteiger partial charge >= 0.3 is 0 Å². The Labute approximate surface area is 147 Å². The van der Waals surface area contributed by atoms with Crippen LogP contribution in [0.15, 0.2) is 36.7 Å². The Hall–Kier alpha value is -2.41. The van der Waals surface area contributed by atoms with Gasteiger partial charge in [0.05, 0.1) is 13.2 Å². The highest BCUT2D eigenvalue weighted by Crippen LogP contribution is 2.24. The second kappa shape index (κ2) is 8.11. The summed E-state index contributed by atoms with van der Waals surface area (Å²) in [7, 11) is 1.01. The first-order valence-electron chi connectivity index (χ1n) is 7.60. The molecule has 0 saturated carbocycles. The first-order valence-corrected chi connectivity index (χ1v) is 9.04. The van der Waals surface area contributed by atoms with Crippen LogP contribution in [0.25, 0.3) is 0 Å². The molecule has 1 atom stereocenters. The number of aromatic nitrogens is 2. The van der Waals surface area contributed by atoms with Crippen molar-refractivity contribution in [1.82, 2.24) is 18.6 Å². The van der Waals surface area contributed by atoms with Crippen molar-refractivity contribution in [2.24, 2.45) is 7.05 Å². The van der Waals surface area contributed by atoms with Crippen LogP contribution in [0.1, 0.15) is 23.9 Å². The molecule has 0 radical (unpaired) electrons. The number of nitrogens with one attached hydrogen (secondary N) is 1. The zero-order valence-corrected chi connectivity index (χ0v) is 15.2. The predicted octanol–water partition coefficient (Wildman–Crippen LogP) is 1.20. The van der Waals surface area contributed by atoms with Crippen molar-refractivity contribution >= 4 is 10.2 Å². The molecule has 9 heteroatoms. The van der Waals surface area contributed by atoms with Crippen LogP contribution in [-0.4, -0.2) is 43.0 Å². The van der Waals surface area contributed by atoms with Gasteiger partial charge in [0.2, 0.25) is 0 Å². The summed E-state index contributed by atoms with van der Waals surface area (Å²) < 4.78 is 35.9. The fourth-order valence-electron chi connectivity index (χ4n) is 2.29. The number of hydrogen-bond acceptors (Lipinski definition) is 5. The normalized spacial score (nSPS) is 12.8. The Kier molecular flexibility index (Phi) is 6.14. The average molecular weight is 363 g/mol. The second-order valence-corrected chi connectivity index (χ2v) is 7.26. The molecule has 1 aromatic carbocycles. The van der Waals surface area contributed by atoms with Crippen LogP contribution in [0.2, 0.25) is 0 Å². The Morgan fingerprint density at radius 2 is 2.08 bits per heavy atom. The van der Waals surface area contributed by atoms with Gasteiger partial charge in [-0.2, -0.15) is 22.7 Å². The fraction of sp³-hybridized carbons (Fsp3) is 0.375. The first kappa shape index (κ1) is 18.9. The molecule has 1 aromatic heterocycles. The highest BCUT2D eigenvalue weighted by atomic mass is 32.2. The maximum Gasteiger partial charge on any atom is 0.280 e. The molecule has 134 valence electrons. The third kappa shape index (κ3) is 4.57. The highest BCUT2D eigenvalue weighted by molar-refractivity contribution is 7.87. The van der Waals surface area contributed by atoms with Gasteiger partial charge in [0.25, 0.3) is 10.2 Å². The van der Waals surface area contributed by atoms with E-state index in [0.717, 1.165) is 9.87 Å². The van der Waals surface area contributed by atoms with Crippen LogP contribution in [0.5, 0.6) is 5.75 Å². The lowest BCUT2D eigenvalue weighted by molar-refractivity contribution is 0.414. The molecule has 2 rings (SSSR count). The standard InChI is InChI=1S/C16H21N5O3S/c1-20-12-10-18-16(20)15(13-5-7-14(24-3)8-6-13)19-25(22,23)21(2)11-4-9-17/h5-8,10,12,15,19H,4,11H2,1-3H3/t15-/m1/s1. The molecule has 0 aliphatic heterocycles. The molecule has 0 aliphatic rings. The number of nitriles is 1. The largest absolute Gasteiger partial charge is 0.497 e. The minimum Gasteiger partial charge on any atom is -0.497 e. The minimum atomic E-state index is -3.79. The van der Waals surface area contributed by atoms with Crippen molar-refractivity contribution in [3.8, 4) is 11.8 Å². The van der Waals surface area contributed by atoms with E-state index in [4.69, 9.17) is 10.00 Å². The Morgan fingerprint density at radius 3 is 2.60 bits per heavy atom. The van der Waals surface area contributed by atoms with Gasteiger partial charge < -0.3 is 9.30 Å².